The first-order valence-electron chi connectivity index (χ1n) is 6.66. The second kappa shape index (κ2) is 7.19. The van der Waals surface area contributed by atoms with Crippen molar-refractivity contribution < 1.29 is 14.8 Å². The Hall–Kier alpha value is -2.92. The highest BCUT2D eigenvalue weighted by atomic mass is 16.5. The van der Waals surface area contributed by atoms with Crippen LogP contribution < -0.4 is 5.48 Å². The van der Waals surface area contributed by atoms with Crippen LogP contribution in [0.25, 0.3) is 6.08 Å². The van der Waals surface area contributed by atoms with Gasteiger partial charge in [-0.3, -0.25) is 14.8 Å². The fourth-order valence-corrected chi connectivity index (χ4v) is 1.96. The van der Waals surface area contributed by atoms with Crippen LogP contribution in [-0.4, -0.2) is 21.5 Å². The van der Waals surface area contributed by atoms with Gasteiger partial charge in [0.05, 0.1) is 0 Å². The number of nitrogens with one attached hydrogen (secondary N) is 1. The number of allylic oxidation sites excluding steroid dienone is 2. The average Bonchev–Trinajstić information content (AvgIpc) is 2.92. The zero-order chi connectivity index (χ0) is 15.9. The number of aromatic nitrogens is 1. The summed E-state index contributed by atoms with van der Waals surface area (Å²) in [5, 5.41) is 8.35. The van der Waals surface area contributed by atoms with Gasteiger partial charge in [0.25, 0.3) is 5.91 Å². The van der Waals surface area contributed by atoms with Crippen LogP contribution in [0.2, 0.25) is 0 Å². The summed E-state index contributed by atoms with van der Waals surface area (Å²) in [5.74, 6) is -0.637. The third kappa shape index (κ3) is 3.80. The number of rotatable bonds is 5. The van der Waals surface area contributed by atoms with E-state index in [2.05, 4.69) is 0 Å². The van der Waals surface area contributed by atoms with Gasteiger partial charge >= 0.3 is 0 Å². The predicted molar refractivity (Wildman–Crippen MR) is 83.4 cm³/mol. The van der Waals surface area contributed by atoms with Crippen LogP contribution in [0.3, 0.4) is 0 Å². The average molecular weight is 296 g/mol. The summed E-state index contributed by atoms with van der Waals surface area (Å²) >= 11 is 0. The smallest absolute Gasteiger partial charge is 0.267 e. The van der Waals surface area contributed by atoms with Crippen LogP contribution in [0, 0.1) is 0 Å². The van der Waals surface area contributed by atoms with E-state index < -0.39 is 5.91 Å². The van der Waals surface area contributed by atoms with Crippen LogP contribution >= 0.6 is 0 Å². The molecule has 1 heterocycles. The number of hydrogen-bond acceptors (Lipinski definition) is 3. The largest absolute Gasteiger partial charge is 0.350 e. The van der Waals surface area contributed by atoms with E-state index in [0.29, 0.717) is 11.1 Å². The van der Waals surface area contributed by atoms with Gasteiger partial charge in [0.1, 0.15) is 0 Å². The molecule has 0 radical (unpaired) electrons. The zero-order valence-corrected chi connectivity index (χ0v) is 12.1. The molecule has 0 aliphatic heterocycles. The van der Waals surface area contributed by atoms with Crippen LogP contribution in [-0.2, 0) is 11.8 Å². The first kappa shape index (κ1) is 15.5. The number of hydrogen-bond donors (Lipinski definition) is 2. The molecule has 0 fully saturated rings. The molecule has 112 valence electrons. The number of ketones is 1. The second-order valence-corrected chi connectivity index (χ2v) is 4.65. The number of nitrogens with zero attached hydrogens (tertiary/aromatic N) is 1. The first-order chi connectivity index (χ1) is 10.6. The van der Waals surface area contributed by atoms with E-state index in [0.717, 1.165) is 5.69 Å². The molecule has 0 bridgehead atoms. The second-order valence-electron chi connectivity index (χ2n) is 4.65. The van der Waals surface area contributed by atoms with Gasteiger partial charge in [-0.05, 0) is 12.1 Å². The molecule has 22 heavy (non-hydrogen) atoms. The van der Waals surface area contributed by atoms with Crippen molar-refractivity contribution in [3.05, 3.63) is 77.6 Å². The van der Waals surface area contributed by atoms with E-state index in [1.165, 1.54) is 17.6 Å². The lowest BCUT2D eigenvalue weighted by Crippen LogP contribution is -2.14. The molecule has 0 saturated carbocycles. The topological polar surface area (TPSA) is 71.3 Å². The van der Waals surface area contributed by atoms with Gasteiger partial charge in [-0.1, -0.05) is 42.5 Å². The molecule has 0 saturated heterocycles. The van der Waals surface area contributed by atoms with E-state index in [9.17, 15) is 9.59 Å². The van der Waals surface area contributed by atoms with E-state index in [1.54, 1.807) is 36.5 Å². The highest BCUT2D eigenvalue weighted by Gasteiger charge is 2.11. The van der Waals surface area contributed by atoms with Gasteiger partial charge in [0.15, 0.2) is 5.78 Å². The molecule has 1 aromatic heterocycles. The maximum atomic E-state index is 12.3. The first-order valence-corrected chi connectivity index (χ1v) is 6.66. The Morgan fingerprint density at radius 2 is 1.86 bits per heavy atom. The molecular formula is C17H16N2O3. The van der Waals surface area contributed by atoms with Crippen LogP contribution in [0.15, 0.2) is 60.8 Å². The summed E-state index contributed by atoms with van der Waals surface area (Å²) in [7, 11) is 1.84. The van der Waals surface area contributed by atoms with Crippen molar-refractivity contribution >= 4 is 17.8 Å². The minimum absolute atomic E-state index is 0.0361. The molecule has 0 aliphatic carbocycles. The molecule has 1 aromatic carbocycles. The third-order valence-corrected chi connectivity index (χ3v) is 3.08. The molecule has 2 aromatic rings. The van der Waals surface area contributed by atoms with Crippen molar-refractivity contribution in [1.29, 1.82) is 0 Å². The summed E-state index contributed by atoms with van der Waals surface area (Å²) in [5.41, 5.74) is 3.57. The van der Waals surface area contributed by atoms with E-state index in [1.807, 2.05) is 29.8 Å². The lowest BCUT2D eigenvalue weighted by atomic mass is 10.1. The Balaban J connectivity index is 2.15. The molecule has 5 heteroatoms. The van der Waals surface area contributed by atoms with E-state index >= 15 is 0 Å². The highest BCUT2D eigenvalue weighted by Crippen LogP contribution is 2.14. The maximum absolute atomic E-state index is 12.3. The fourth-order valence-electron chi connectivity index (χ4n) is 1.96. The summed E-state index contributed by atoms with van der Waals surface area (Å²) in [6.07, 6.45) is 7.87. The number of amides is 1. The summed E-state index contributed by atoms with van der Waals surface area (Å²) in [6, 6.07) is 10.9. The van der Waals surface area contributed by atoms with Crippen molar-refractivity contribution in [2.24, 2.45) is 7.05 Å². The SMILES string of the molecule is Cn1cc(C(=O)c2ccccc2)cc1/C=C/C=C/C(=O)NO. The molecule has 2 rings (SSSR count). The summed E-state index contributed by atoms with van der Waals surface area (Å²) < 4.78 is 1.83. The van der Waals surface area contributed by atoms with E-state index in [-0.39, 0.29) is 5.78 Å². The lowest BCUT2D eigenvalue weighted by Gasteiger charge is -1.96. The van der Waals surface area contributed by atoms with Gasteiger partial charge in [-0.15, -0.1) is 0 Å². The number of hydroxylamine groups is 1. The minimum Gasteiger partial charge on any atom is -0.350 e. The Bertz CT molecular complexity index is 728. The normalized spacial score (nSPS) is 11.2. The molecule has 5 nitrogen and oxygen atoms in total. The molecule has 2 N–H and O–H groups in total. The molecule has 0 atom stereocenters. The Labute approximate surface area is 128 Å². The van der Waals surface area contributed by atoms with Crippen molar-refractivity contribution in [1.82, 2.24) is 10.0 Å². The molecule has 0 aliphatic rings. The Morgan fingerprint density at radius 3 is 2.55 bits per heavy atom. The minimum atomic E-state index is -0.600. The zero-order valence-electron chi connectivity index (χ0n) is 12.1. The Morgan fingerprint density at radius 1 is 1.14 bits per heavy atom. The number of benzene rings is 1. The van der Waals surface area contributed by atoms with Gasteiger partial charge in [-0.25, -0.2) is 5.48 Å². The van der Waals surface area contributed by atoms with Crippen LogP contribution in [0.1, 0.15) is 21.6 Å². The quantitative estimate of drug-likeness (QED) is 0.292. The van der Waals surface area contributed by atoms with Crippen molar-refractivity contribution in [2.45, 2.75) is 0 Å². The number of aryl methyl sites for hydroxylation is 1. The molecule has 0 unspecified atom stereocenters. The van der Waals surface area contributed by atoms with Gasteiger partial charge in [0.2, 0.25) is 0 Å². The maximum Gasteiger partial charge on any atom is 0.267 e. The monoisotopic (exact) mass is 296 g/mol. The predicted octanol–water partition coefficient (Wildman–Crippen LogP) is 2.33. The van der Waals surface area contributed by atoms with Crippen molar-refractivity contribution in [3.8, 4) is 0 Å². The fraction of sp³-hybridized carbons (Fsp3) is 0.0588. The van der Waals surface area contributed by atoms with Gasteiger partial charge in [0, 0.05) is 36.1 Å². The lowest BCUT2D eigenvalue weighted by molar-refractivity contribution is -0.124. The third-order valence-electron chi connectivity index (χ3n) is 3.08. The van der Waals surface area contributed by atoms with Crippen LogP contribution in [0.5, 0.6) is 0 Å². The van der Waals surface area contributed by atoms with Crippen LogP contribution in [0.4, 0.5) is 0 Å². The molecule has 0 spiro atoms. The van der Waals surface area contributed by atoms with E-state index in [4.69, 9.17) is 5.21 Å². The molecular weight excluding hydrogens is 280 g/mol. The van der Waals surface area contributed by atoms with Crippen molar-refractivity contribution in [2.75, 3.05) is 0 Å². The molecule has 1 amide bonds. The summed E-state index contributed by atoms with van der Waals surface area (Å²) in [4.78, 5) is 23.1. The number of carbonyl (C=O) groups excluding carboxylic acids is 2. The standard InChI is InChI=1S/C17H16N2O3/c1-19-12-14(17(21)13-7-3-2-4-8-13)11-15(19)9-5-6-10-16(20)18-22/h2-12,22H,1H3,(H,18,20)/b9-5+,10-6+. The highest BCUT2D eigenvalue weighted by molar-refractivity contribution is 6.09. The Kier molecular flexibility index (Phi) is 5.06. The van der Waals surface area contributed by atoms with Crippen molar-refractivity contribution in [3.63, 3.8) is 0 Å². The van der Waals surface area contributed by atoms with Gasteiger partial charge < -0.3 is 4.57 Å². The number of carbonyl (C=O) groups is 2. The summed E-state index contributed by atoms with van der Waals surface area (Å²) in [6.45, 7) is 0. The van der Waals surface area contributed by atoms with Gasteiger partial charge in [-0.2, -0.15) is 0 Å².